The third-order valence-electron chi connectivity index (χ3n) is 2.71. The first-order valence-electron chi connectivity index (χ1n) is 6.55. The molecule has 0 aliphatic heterocycles. The molecule has 0 saturated carbocycles. The SMILES string of the molecule is COC(=O)[C@@H](C)NC(=O)CNC(=O)NCc1ccc(Cl)cc1. The van der Waals surface area contributed by atoms with E-state index in [-0.39, 0.29) is 6.54 Å². The quantitative estimate of drug-likeness (QED) is 0.674. The molecule has 0 bridgehead atoms. The van der Waals surface area contributed by atoms with Gasteiger partial charge in [-0.25, -0.2) is 9.59 Å². The molecule has 3 N–H and O–H groups in total. The molecule has 0 saturated heterocycles. The Bertz CT molecular complexity index is 533. The van der Waals surface area contributed by atoms with Crippen LogP contribution in [0.5, 0.6) is 0 Å². The van der Waals surface area contributed by atoms with E-state index in [2.05, 4.69) is 20.7 Å². The van der Waals surface area contributed by atoms with E-state index in [4.69, 9.17) is 11.6 Å². The van der Waals surface area contributed by atoms with Gasteiger partial charge in [0.05, 0.1) is 13.7 Å². The standard InChI is InChI=1S/C14H18ClN3O4/c1-9(13(20)22-2)18-12(19)8-17-14(21)16-7-10-3-5-11(15)6-4-10/h3-6,9H,7-8H2,1-2H3,(H,18,19)(H2,16,17,21)/t9-/m1/s1. The zero-order valence-electron chi connectivity index (χ0n) is 12.3. The summed E-state index contributed by atoms with van der Waals surface area (Å²) in [6, 6.07) is 5.75. The van der Waals surface area contributed by atoms with Crippen molar-refractivity contribution < 1.29 is 19.1 Å². The molecule has 0 unspecified atom stereocenters. The Morgan fingerprint density at radius 2 is 1.82 bits per heavy atom. The second-order valence-electron chi connectivity index (χ2n) is 4.48. The molecule has 7 nitrogen and oxygen atoms in total. The lowest BCUT2D eigenvalue weighted by Crippen LogP contribution is -2.46. The minimum Gasteiger partial charge on any atom is -0.467 e. The van der Waals surface area contributed by atoms with Gasteiger partial charge in [-0.1, -0.05) is 23.7 Å². The molecule has 120 valence electrons. The minimum absolute atomic E-state index is 0.242. The fourth-order valence-electron chi connectivity index (χ4n) is 1.54. The van der Waals surface area contributed by atoms with E-state index in [1.807, 2.05) is 0 Å². The number of nitrogens with one attached hydrogen (secondary N) is 3. The molecule has 0 spiro atoms. The fraction of sp³-hybridized carbons (Fsp3) is 0.357. The van der Waals surface area contributed by atoms with Gasteiger partial charge in [0.1, 0.15) is 6.04 Å². The molecule has 1 rings (SSSR count). The normalized spacial score (nSPS) is 11.2. The van der Waals surface area contributed by atoms with Crippen LogP contribution in [-0.2, 0) is 20.9 Å². The van der Waals surface area contributed by atoms with Crippen LogP contribution >= 0.6 is 11.6 Å². The summed E-state index contributed by atoms with van der Waals surface area (Å²) < 4.78 is 4.47. The molecule has 22 heavy (non-hydrogen) atoms. The summed E-state index contributed by atoms with van der Waals surface area (Å²) >= 11 is 5.76. The van der Waals surface area contributed by atoms with Crippen LogP contribution in [0.25, 0.3) is 0 Å². The summed E-state index contributed by atoms with van der Waals surface area (Å²) in [5.41, 5.74) is 0.878. The van der Waals surface area contributed by atoms with Crippen molar-refractivity contribution in [3.05, 3.63) is 34.9 Å². The van der Waals surface area contributed by atoms with Crippen molar-refractivity contribution in [2.24, 2.45) is 0 Å². The summed E-state index contributed by atoms with van der Waals surface area (Å²) in [5.74, 6) is -1.04. The second kappa shape index (κ2) is 8.89. The van der Waals surface area contributed by atoms with E-state index in [1.165, 1.54) is 14.0 Å². The average Bonchev–Trinajstić information content (AvgIpc) is 2.51. The highest BCUT2D eigenvalue weighted by atomic mass is 35.5. The molecule has 0 radical (unpaired) electrons. The Morgan fingerprint density at radius 3 is 2.41 bits per heavy atom. The van der Waals surface area contributed by atoms with Crippen molar-refractivity contribution in [2.75, 3.05) is 13.7 Å². The Labute approximate surface area is 133 Å². The number of benzene rings is 1. The molecule has 0 fully saturated rings. The molecule has 8 heteroatoms. The van der Waals surface area contributed by atoms with Crippen molar-refractivity contribution in [3.63, 3.8) is 0 Å². The van der Waals surface area contributed by atoms with Gasteiger partial charge in [-0.2, -0.15) is 0 Å². The number of methoxy groups -OCH3 is 1. The largest absolute Gasteiger partial charge is 0.467 e. The molecular weight excluding hydrogens is 310 g/mol. The van der Waals surface area contributed by atoms with Gasteiger partial charge < -0.3 is 20.7 Å². The van der Waals surface area contributed by atoms with Crippen molar-refractivity contribution in [1.82, 2.24) is 16.0 Å². The predicted molar refractivity (Wildman–Crippen MR) is 81.3 cm³/mol. The summed E-state index contributed by atoms with van der Waals surface area (Å²) in [4.78, 5) is 34.2. The van der Waals surface area contributed by atoms with E-state index in [0.717, 1.165) is 5.56 Å². The monoisotopic (exact) mass is 327 g/mol. The van der Waals surface area contributed by atoms with Crippen molar-refractivity contribution in [3.8, 4) is 0 Å². The van der Waals surface area contributed by atoms with E-state index in [0.29, 0.717) is 11.6 Å². The predicted octanol–water partition coefficient (Wildman–Crippen LogP) is 0.817. The highest BCUT2D eigenvalue weighted by molar-refractivity contribution is 6.30. The van der Waals surface area contributed by atoms with Crippen molar-refractivity contribution in [1.29, 1.82) is 0 Å². The van der Waals surface area contributed by atoms with Crippen LogP contribution in [0.15, 0.2) is 24.3 Å². The number of ether oxygens (including phenoxy) is 1. The lowest BCUT2D eigenvalue weighted by molar-refractivity contribution is -0.144. The average molecular weight is 328 g/mol. The smallest absolute Gasteiger partial charge is 0.328 e. The molecule has 1 atom stereocenters. The highest BCUT2D eigenvalue weighted by Crippen LogP contribution is 2.08. The first-order chi connectivity index (χ1) is 10.4. The lowest BCUT2D eigenvalue weighted by atomic mass is 10.2. The Balaban J connectivity index is 2.26. The van der Waals surface area contributed by atoms with Crippen LogP contribution < -0.4 is 16.0 Å². The first kappa shape index (κ1) is 17.8. The molecule has 3 amide bonds. The van der Waals surface area contributed by atoms with E-state index in [1.54, 1.807) is 24.3 Å². The maximum atomic E-state index is 11.5. The number of esters is 1. The maximum absolute atomic E-state index is 11.5. The summed E-state index contributed by atoms with van der Waals surface area (Å²) in [6.07, 6.45) is 0. The van der Waals surface area contributed by atoms with Crippen LogP contribution in [0.3, 0.4) is 0 Å². The molecule has 0 aromatic heterocycles. The van der Waals surface area contributed by atoms with Gasteiger partial charge in [0.15, 0.2) is 0 Å². The van der Waals surface area contributed by atoms with E-state index in [9.17, 15) is 14.4 Å². The lowest BCUT2D eigenvalue weighted by Gasteiger charge is -2.12. The molecule has 0 aliphatic rings. The van der Waals surface area contributed by atoms with Crippen molar-refractivity contribution in [2.45, 2.75) is 19.5 Å². The number of amides is 3. The second-order valence-corrected chi connectivity index (χ2v) is 4.91. The van der Waals surface area contributed by atoms with Gasteiger partial charge in [0.25, 0.3) is 0 Å². The van der Waals surface area contributed by atoms with Gasteiger partial charge >= 0.3 is 12.0 Å². The number of hydrogen-bond donors (Lipinski definition) is 3. The Hall–Kier alpha value is -2.28. The number of hydrogen-bond acceptors (Lipinski definition) is 4. The van der Waals surface area contributed by atoms with Gasteiger partial charge in [-0.15, -0.1) is 0 Å². The Kier molecular flexibility index (Phi) is 7.18. The third-order valence-corrected chi connectivity index (χ3v) is 2.96. The van der Waals surface area contributed by atoms with Gasteiger partial charge in [0.2, 0.25) is 5.91 Å². The van der Waals surface area contributed by atoms with Crippen LogP contribution in [0.2, 0.25) is 5.02 Å². The first-order valence-corrected chi connectivity index (χ1v) is 6.93. The summed E-state index contributed by atoms with van der Waals surface area (Å²) in [6.45, 7) is 1.56. The summed E-state index contributed by atoms with van der Waals surface area (Å²) in [5, 5.41) is 7.99. The number of carbonyl (C=O) groups is 3. The molecular formula is C14H18ClN3O4. The number of rotatable bonds is 6. The third kappa shape index (κ3) is 6.45. The van der Waals surface area contributed by atoms with E-state index >= 15 is 0 Å². The Morgan fingerprint density at radius 1 is 1.18 bits per heavy atom. The van der Waals surface area contributed by atoms with E-state index < -0.39 is 23.9 Å². The van der Waals surface area contributed by atoms with Crippen LogP contribution in [0.1, 0.15) is 12.5 Å². The van der Waals surface area contributed by atoms with Crippen molar-refractivity contribution >= 4 is 29.5 Å². The minimum atomic E-state index is -0.767. The molecule has 0 heterocycles. The fourth-order valence-corrected chi connectivity index (χ4v) is 1.66. The zero-order chi connectivity index (χ0) is 16.5. The molecule has 1 aromatic carbocycles. The topological polar surface area (TPSA) is 96.5 Å². The summed E-state index contributed by atoms with van der Waals surface area (Å²) in [7, 11) is 1.23. The van der Waals surface area contributed by atoms with Gasteiger partial charge in [-0.3, -0.25) is 4.79 Å². The zero-order valence-corrected chi connectivity index (χ0v) is 13.1. The molecule has 0 aliphatic carbocycles. The van der Waals surface area contributed by atoms with Crippen LogP contribution in [0, 0.1) is 0 Å². The number of carbonyl (C=O) groups excluding carboxylic acids is 3. The molecule has 1 aromatic rings. The number of urea groups is 1. The number of halogens is 1. The highest BCUT2D eigenvalue weighted by Gasteiger charge is 2.15. The van der Waals surface area contributed by atoms with Gasteiger partial charge in [-0.05, 0) is 24.6 Å². The van der Waals surface area contributed by atoms with Gasteiger partial charge in [0, 0.05) is 11.6 Å². The van der Waals surface area contributed by atoms with Crippen LogP contribution in [0.4, 0.5) is 4.79 Å². The maximum Gasteiger partial charge on any atom is 0.328 e. The van der Waals surface area contributed by atoms with Crippen LogP contribution in [-0.4, -0.2) is 37.6 Å².